The molecule has 1 atom stereocenters. The van der Waals surface area contributed by atoms with E-state index in [1.807, 2.05) is 0 Å². The topological polar surface area (TPSA) is 3.24 Å². The molecule has 0 saturated carbocycles. The van der Waals surface area contributed by atoms with E-state index in [4.69, 9.17) is 6.42 Å². The average Bonchev–Trinajstić information content (AvgIpc) is 2.05. The predicted octanol–water partition coefficient (Wildman–Crippen LogP) is 2.94. The zero-order valence-corrected chi connectivity index (χ0v) is 9.86. The van der Waals surface area contributed by atoms with E-state index in [0.29, 0.717) is 6.04 Å². The maximum Gasteiger partial charge on any atom is 0.0598 e. The van der Waals surface area contributed by atoms with Crippen molar-refractivity contribution < 1.29 is 0 Å². The first-order valence-electron chi connectivity index (χ1n) is 4.86. The summed E-state index contributed by atoms with van der Waals surface area (Å²) in [5, 5.41) is 0. The molecular weight excluding hydrogens is 182 g/mol. The molecular formula is C11H22ClN. The fraction of sp³-hybridized carbons (Fsp3) is 0.818. The standard InChI is InChI=1S/C11H21N.ClH/c1-5-7-8-9-11(3)12(4)10-6-2;/h2,11H,5,7-10H2,1,3-4H3;1H. The SMILES string of the molecule is C#CCN(C)C(C)CCCCC.Cl. The minimum Gasteiger partial charge on any atom is -0.293 e. The van der Waals surface area contributed by atoms with Crippen LogP contribution in [0.5, 0.6) is 0 Å². The van der Waals surface area contributed by atoms with Crippen LogP contribution in [-0.2, 0) is 0 Å². The first-order valence-corrected chi connectivity index (χ1v) is 4.86. The molecule has 0 bridgehead atoms. The zero-order chi connectivity index (χ0) is 9.40. The van der Waals surface area contributed by atoms with Crippen molar-refractivity contribution in [2.45, 2.75) is 45.6 Å². The maximum atomic E-state index is 5.23. The Hall–Kier alpha value is -0.190. The summed E-state index contributed by atoms with van der Waals surface area (Å²) in [6.45, 7) is 5.25. The molecule has 0 aromatic rings. The number of hydrogen-bond donors (Lipinski definition) is 0. The lowest BCUT2D eigenvalue weighted by molar-refractivity contribution is 0.269. The van der Waals surface area contributed by atoms with Crippen molar-refractivity contribution >= 4 is 12.4 Å². The van der Waals surface area contributed by atoms with E-state index in [9.17, 15) is 0 Å². The van der Waals surface area contributed by atoms with Crippen LogP contribution >= 0.6 is 12.4 Å². The third-order valence-electron chi connectivity index (χ3n) is 2.32. The van der Waals surface area contributed by atoms with E-state index in [0.717, 1.165) is 6.54 Å². The molecule has 0 spiro atoms. The molecule has 78 valence electrons. The molecule has 0 aliphatic rings. The molecule has 2 heteroatoms. The molecule has 1 nitrogen and oxygen atoms in total. The maximum absolute atomic E-state index is 5.23. The van der Waals surface area contributed by atoms with Gasteiger partial charge in [0.2, 0.25) is 0 Å². The monoisotopic (exact) mass is 203 g/mol. The number of nitrogens with zero attached hydrogens (tertiary/aromatic N) is 1. The Morgan fingerprint density at radius 2 is 2.00 bits per heavy atom. The van der Waals surface area contributed by atoms with Crippen LogP contribution in [0, 0.1) is 12.3 Å². The highest BCUT2D eigenvalue weighted by atomic mass is 35.5. The Kier molecular flexibility index (Phi) is 11.6. The van der Waals surface area contributed by atoms with Crippen molar-refractivity contribution in [3.8, 4) is 12.3 Å². The normalized spacial score (nSPS) is 11.9. The Morgan fingerprint density at radius 3 is 2.46 bits per heavy atom. The van der Waals surface area contributed by atoms with Crippen LogP contribution in [-0.4, -0.2) is 24.5 Å². The van der Waals surface area contributed by atoms with Crippen LogP contribution in [0.15, 0.2) is 0 Å². The van der Waals surface area contributed by atoms with Gasteiger partial charge in [0.1, 0.15) is 0 Å². The largest absolute Gasteiger partial charge is 0.293 e. The summed E-state index contributed by atoms with van der Waals surface area (Å²) in [4.78, 5) is 2.23. The van der Waals surface area contributed by atoms with E-state index in [-0.39, 0.29) is 12.4 Å². The van der Waals surface area contributed by atoms with Crippen LogP contribution in [0.4, 0.5) is 0 Å². The van der Waals surface area contributed by atoms with Gasteiger partial charge >= 0.3 is 0 Å². The highest BCUT2D eigenvalue weighted by Gasteiger charge is 2.05. The van der Waals surface area contributed by atoms with Crippen molar-refractivity contribution in [1.82, 2.24) is 4.90 Å². The van der Waals surface area contributed by atoms with Crippen LogP contribution in [0.3, 0.4) is 0 Å². The highest BCUT2D eigenvalue weighted by molar-refractivity contribution is 5.85. The lowest BCUT2D eigenvalue weighted by Crippen LogP contribution is -2.29. The second-order valence-corrected chi connectivity index (χ2v) is 3.46. The molecule has 0 aromatic carbocycles. The van der Waals surface area contributed by atoms with Crippen molar-refractivity contribution in [2.24, 2.45) is 0 Å². The molecule has 0 aliphatic carbocycles. The van der Waals surface area contributed by atoms with E-state index in [2.05, 4.69) is 31.7 Å². The predicted molar refractivity (Wildman–Crippen MR) is 62.3 cm³/mol. The van der Waals surface area contributed by atoms with E-state index in [1.54, 1.807) is 0 Å². The third kappa shape index (κ3) is 8.15. The first-order chi connectivity index (χ1) is 5.72. The van der Waals surface area contributed by atoms with Crippen LogP contribution in [0.1, 0.15) is 39.5 Å². The van der Waals surface area contributed by atoms with E-state index in [1.165, 1.54) is 25.7 Å². The number of unbranched alkanes of at least 4 members (excludes halogenated alkanes) is 2. The number of hydrogen-bond acceptors (Lipinski definition) is 1. The first kappa shape index (κ1) is 15.3. The summed E-state index contributed by atoms with van der Waals surface area (Å²) in [5.74, 6) is 2.66. The Bertz CT molecular complexity index is 140. The summed E-state index contributed by atoms with van der Waals surface area (Å²) in [6.07, 6.45) is 10.5. The smallest absolute Gasteiger partial charge is 0.0598 e. The van der Waals surface area contributed by atoms with Gasteiger partial charge in [0.25, 0.3) is 0 Å². The summed E-state index contributed by atoms with van der Waals surface area (Å²) >= 11 is 0. The molecule has 0 aliphatic heterocycles. The van der Waals surface area contributed by atoms with Gasteiger partial charge in [-0.25, -0.2) is 0 Å². The molecule has 0 N–H and O–H groups in total. The minimum atomic E-state index is 0. The lowest BCUT2D eigenvalue weighted by Gasteiger charge is -2.22. The van der Waals surface area contributed by atoms with Crippen LogP contribution in [0.2, 0.25) is 0 Å². The molecule has 0 heterocycles. The molecule has 0 amide bonds. The minimum absolute atomic E-state index is 0. The lowest BCUT2D eigenvalue weighted by atomic mass is 10.1. The highest BCUT2D eigenvalue weighted by Crippen LogP contribution is 2.07. The van der Waals surface area contributed by atoms with Gasteiger partial charge in [0, 0.05) is 6.04 Å². The van der Waals surface area contributed by atoms with Crippen molar-refractivity contribution in [3.63, 3.8) is 0 Å². The summed E-state index contributed by atoms with van der Waals surface area (Å²) in [5.41, 5.74) is 0. The average molecular weight is 204 g/mol. The molecule has 0 aromatic heterocycles. The molecule has 0 rings (SSSR count). The van der Waals surface area contributed by atoms with Crippen LogP contribution in [0.25, 0.3) is 0 Å². The summed E-state index contributed by atoms with van der Waals surface area (Å²) < 4.78 is 0. The molecule has 0 fully saturated rings. The van der Waals surface area contributed by atoms with Gasteiger partial charge in [0.05, 0.1) is 6.54 Å². The summed E-state index contributed by atoms with van der Waals surface area (Å²) in [7, 11) is 2.09. The number of rotatable bonds is 6. The zero-order valence-electron chi connectivity index (χ0n) is 9.05. The second kappa shape index (κ2) is 9.89. The Morgan fingerprint density at radius 1 is 1.38 bits per heavy atom. The van der Waals surface area contributed by atoms with Gasteiger partial charge in [-0.3, -0.25) is 4.90 Å². The van der Waals surface area contributed by atoms with Gasteiger partial charge in [0.15, 0.2) is 0 Å². The summed E-state index contributed by atoms with van der Waals surface area (Å²) in [6, 6.07) is 0.632. The molecule has 0 radical (unpaired) electrons. The van der Waals surface area contributed by atoms with Crippen molar-refractivity contribution in [1.29, 1.82) is 0 Å². The van der Waals surface area contributed by atoms with Gasteiger partial charge < -0.3 is 0 Å². The van der Waals surface area contributed by atoms with Crippen LogP contribution < -0.4 is 0 Å². The Balaban J connectivity index is 0. The molecule has 0 saturated heterocycles. The van der Waals surface area contributed by atoms with E-state index >= 15 is 0 Å². The molecule has 13 heavy (non-hydrogen) atoms. The van der Waals surface area contributed by atoms with Gasteiger partial charge in [-0.15, -0.1) is 18.8 Å². The van der Waals surface area contributed by atoms with Crippen molar-refractivity contribution in [3.05, 3.63) is 0 Å². The molecule has 1 unspecified atom stereocenters. The van der Waals surface area contributed by atoms with Crippen molar-refractivity contribution in [2.75, 3.05) is 13.6 Å². The fourth-order valence-electron chi connectivity index (χ4n) is 1.21. The quantitative estimate of drug-likeness (QED) is 0.474. The van der Waals surface area contributed by atoms with E-state index < -0.39 is 0 Å². The number of terminal acetylenes is 1. The second-order valence-electron chi connectivity index (χ2n) is 3.46. The third-order valence-corrected chi connectivity index (χ3v) is 2.32. The van der Waals surface area contributed by atoms with Gasteiger partial charge in [-0.1, -0.05) is 32.1 Å². The number of halogens is 1. The van der Waals surface area contributed by atoms with Gasteiger partial charge in [-0.05, 0) is 20.4 Å². The fourth-order valence-corrected chi connectivity index (χ4v) is 1.21. The van der Waals surface area contributed by atoms with Gasteiger partial charge in [-0.2, -0.15) is 0 Å². The Labute approximate surface area is 89.3 Å².